The predicted octanol–water partition coefficient (Wildman–Crippen LogP) is 3.23. The molecular formula is C30H30N2O7S. The van der Waals surface area contributed by atoms with E-state index in [0.29, 0.717) is 57.7 Å². The van der Waals surface area contributed by atoms with Gasteiger partial charge in [-0.05, 0) is 62.2 Å². The second-order valence-electron chi connectivity index (χ2n) is 8.38. The molecule has 1 aliphatic rings. The van der Waals surface area contributed by atoms with E-state index < -0.39 is 12.0 Å². The van der Waals surface area contributed by atoms with E-state index in [4.69, 9.17) is 30.1 Å². The molecule has 2 heterocycles. The van der Waals surface area contributed by atoms with Crippen molar-refractivity contribution in [1.82, 2.24) is 4.57 Å². The molecule has 0 unspecified atom stereocenters. The first kappa shape index (κ1) is 28.5. The van der Waals surface area contributed by atoms with Crippen LogP contribution in [0.15, 0.2) is 58.0 Å². The van der Waals surface area contributed by atoms with Crippen LogP contribution in [0, 0.1) is 12.3 Å². The van der Waals surface area contributed by atoms with Crippen molar-refractivity contribution in [3.8, 4) is 35.3 Å². The highest BCUT2D eigenvalue weighted by Gasteiger charge is 2.31. The monoisotopic (exact) mass is 562 g/mol. The number of fused-ring (bicyclic) bond motifs is 1. The van der Waals surface area contributed by atoms with Gasteiger partial charge < -0.3 is 23.7 Å². The highest BCUT2D eigenvalue weighted by molar-refractivity contribution is 7.07. The molecule has 1 aromatic heterocycles. The highest BCUT2D eigenvalue weighted by atomic mass is 32.1. The summed E-state index contributed by atoms with van der Waals surface area (Å²) in [6.45, 7) is 7.04. The van der Waals surface area contributed by atoms with Gasteiger partial charge in [0.15, 0.2) is 27.8 Å². The number of carbonyl (C=O) groups excluding carboxylic acids is 1. The number of rotatable bonds is 11. The maximum absolute atomic E-state index is 13.8. The maximum atomic E-state index is 13.8. The van der Waals surface area contributed by atoms with Crippen LogP contribution in [0.1, 0.15) is 37.9 Å². The molecule has 3 aromatic rings. The fraction of sp³-hybridized carbons (Fsp3) is 0.300. The molecule has 1 atom stereocenters. The van der Waals surface area contributed by atoms with Gasteiger partial charge >= 0.3 is 5.97 Å². The van der Waals surface area contributed by atoms with Gasteiger partial charge in [0.25, 0.3) is 5.56 Å². The van der Waals surface area contributed by atoms with Crippen LogP contribution in [0.4, 0.5) is 0 Å². The van der Waals surface area contributed by atoms with Crippen LogP contribution in [-0.4, -0.2) is 44.1 Å². The average Bonchev–Trinajstić information content (AvgIpc) is 3.27. The van der Waals surface area contributed by atoms with Crippen molar-refractivity contribution in [2.75, 3.05) is 33.5 Å². The lowest BCUT2D eigenvalue weighted by Crippen LogP contribution is -2.39. The first-order valence-corrected chi connectivity index (χ1v) is 13.6. The summed E-state index contributed by atoms with van der Waals surface area (Å²) in [5, 5.41) is 0. The van der Waals surface area contributed by atoms with E-state index in [9.17, 15) is 9.59 Å². The SMILES string of the molecule is C#CCOc1ccc(/C=c2\sc3n(c2=O)[C@H](c2ccc(OCC)c(OCC)c2)C(C(=O)OC)=CN=3)cc1OCC. The third-order valence-electron chi connectivity index (χ3n) is 5.88. The number of hydrogen-bond donors (Lipinski definition) is 0. The Morgan fingerprint density at radius 2 is 1.65 bits per heavy atom. The number of esters is 1. The second kappa shape index (κ2) is 13.0. The highest BCUT2D eigenvalue weighted by Crippen LogP contribution is 2.35. The standard InChI is InChI=1S/C30H30N2O7S/c1-6-14-39-23-12-10-19(15-24(23)37-8-3)16-26-28(33)32-27(21(29(34)35-5)18-31-30(32)40-26)20-11-13-22(36-7-2)25(17-20)38-9-4/h1,10-13,15-18,27H,7-9,14H2,2-5H3/b26-16-/t27-/m1/s1. The van der Waals surface area contributed by atoms with Gasteiger partial charge in [-0.3, -0.25) is 9.36 Å². The van der Waals surface area contributed by atoms with E-state index in [1.807, 2.05) is 26.8 Å². The summed E-state index contributed by atoms with van der Waals surface area (Å²) in [4.78, 5) is 31.5. The number of terminal acetylenes is 1. The van der Waals surface area contributed by atoms with Gasteiger partial charge in [-0.1, -0.05) is 29.4 Å². The molecule has 0 spiro atoms. The van der Waals surface area contributed by atoms with E-state index >= 15 is 0 Å². The minimum atomic E-state index is -0.778. The van der Waals surface area contributed by atoms with Crippen molar-refractivity contribution in [2.45, 2.75) is 26.8 Å². The summed E-state index contributed by atoms with van der Waals surface area (Å²) in [6.07, 6.45) is 8.52. The zero-order valence-corrected chi connectivity index (χ0v) is 23.6. The normalized spacial score (nSPS) is 14.3. The molecule has 2 aromatic carbocycles. The lowest BCUT2D eigenvalue weighted by molar-refractivity contribution is -0.136. The Morgan fingerprint density at radius 1 is 1.00 bits per heavy atom. The van der Waals surface area contributed by atoms with E-state index in [1.165, 1.54) is 29.2 Å². The first-order valence-electron chi connectivity index (χ1n) is 12.8. The van der Waals surface area contributed by atoms with Crippen molar-refractivity contribution in [3.63, 3.8) is 0 Å². The van der Waals surface area contributed by atoms with Gasteiger partial charge in [0.1, 0.15) is 6.61 Å². The molecule has 208 valence electrons. The molecule has 10 heteroatoms. The number of carbonyl (C=O) groups is 1. The fourth-order valence-electron chi connectivity index (χ4n) is 4.26. The Labute approximate surface area is 235 Å². The lowest BCUT2D eigenvalue weighted by Gasteiger charge is -2.23. The minimum absolute atomic E-state index is 0.108. The van der Waals surface area contributed by atoms with Crippen molar-refractivity contribution < 1.29 is 28.5 Å². The minimum Gasteiger partial charge on any atom is -0.490 e. The molecule has 0 bridgehead atoms. The number of hydrogen-bond acceptors (Lipinski definition) is 9. The molecule has 1 aliphatic heterocycles. The number of methoxy groups -OCH3 is 1. The van der Waals surface area contributed by atoms with Crippen LogP contribution < -0.4 is 33.8 Å². The zero-order valence-electron chi connectivity index (χ0n) is 22.8. The van der Waals surface area contributed by atoms with Crippen LogP contribution in [0.3, 0.4) is 0 Å². The Kier molecular flexibility index (Phi) is 9.30. The molecule has 4 rings (SSSR count). The lowest BCUT2D eigenvalue weighted by atomic mass is 9.97. The topological polar surface area (TPSA) is 97.6 Å². The van der Waals surface area contributed by atoms with Crippen LogP contribution in [0.5, 0.6) is 23.0 Å². The van der Waals surface area contributed by atoms with Gasteiger partial charge in [0.2, 0.25) is 0 Å². The Hall–Kier alpha value is -4.49. The van der Waals surface area contributed by atoms with Gasteiger partial charge in [0, 0.05) is 6.20 Å². The van der Waals surface area contributed by atoms with E-state index in [1.54, 1.807) is 36.4 Å². The maximum Gasteiger partial charge on any atom is 0.337 e. The van der Waals surface area contributed by atoms with Gasteiger partial charge in [0.05, 0.1) is 43.1 Å². The van der Waals surface area contributed by atoms with Crippen molar-refractivity contribution in [2.24, 2.45) is 4.99 Å². The molecule has 0 aliphatic carbocycles. The first-order chi connectivity index (χ1) is 19.4. The van der Waals surface area contributed by atoms with Crippen LogP contribution >= 0.6 is 11.3 Å². The molecule has 0 saturated heterocycles. The molecule has 9 nitrogen and oxygen atoms in total. The summed E-state index contributed by atoms with van der Waals surface area (Å²) in [5.41, 5.74) is 1.30. The molecular weight excluding hydrogens is 532 g/mol. The van der Waals surface area contributed by atoms with E-state index in [0.717, 1.165) is 5.56 Å². The largest absolute Gasteiger partial charge is 0.490 e. The van der Waals surface area contributed by atoms with Crippen molar-refractivity contribution >= 4 is 23.4 Å². The Balaban J connectivity index is 1.85. The molecule has 0 saturated carbocycles. The van der Waals surface area contributed by atoms with Crippen LogP contribution in [-0.2, 0) is 9.53 Å². The van der Waals surface area contributed by atoms with E-state index in [2.05, 4.69) is 10.9 Å². The van der Waals surface area contributed by atoms with Crippen molar-refractivity contribution in [3.05, 3.63) is 79.0 Å². The molecule has 0 radical (unpaired) electrons. The summed E-state index contributed by atoms with van der Waals surface area (Å²) < 4.78 is 29.8. The van der Waals surface area contributed by atoms with Crippen LogP contribution in [0.2, 0.25) is 0 Å². The van der Waals surface area contributed by atoms with Gasteiger partial charge in [-0.15, -0.1) is 6.42 Å². The summed E-state index contributed by atoms with van der Waals surface area (Å²) >= 11 is 1.22. The molecule has 0 amide bonds. The molecule has 0 fully saturated rings. The Morgan fingerprint density at radius 3 is 2.33 bits per heavy atom. The fourth-order valence-corrected chi connectivity index (χ4v) is 5.23. The quantitative estimate of drug-likeness (QED) is 0.262. The summed E-state index contributed by atoms with van der Waals surface area (Å²) in [7, 11) is 1.29. The van der Waals surface area contributed by atoms with Crippen molar-refractivity contribution in [1.29, 1.82) is 0 Å². The third-order valence-corrected chi connectivity index (χ3v) is 6.88. The number of aromatic nitrogens is 1. The average molecular weight is 563 g/mol. The Bertz CT molecular complexity index is 1650. The smallest absolute Gasteiger partial charge is 0.337 e. The molecule has 40 heavy (non-hydrogen) atoms. The summed E-state index contributed by atoms with van der Waals surface area (Å²) in [5.74, 6) is 3.97. The summed E-state index contributed by atoms with van der Waals surface area (Å²) in [6, 6.07) is 9.92. The zero-order chi connectivity index (χ0) is 28.6. The third kappa shape index (κ3) is 5.90. The van der Waals surface area contributed by atoms with Crippen LogP contribution in [0.25, 0.3) is 6.08 Å². The number of nitrogens with zero attached hydrogens (tertiary/aromatic N) is 2. The van der Waals surface area contributed by atoms with Gasteiger partial charge in [-0.25, -0.2) is 9.79 Å². The molecule has 0 N–H and O–H groups in total. The second-order valence-corrected chi connectivity index (χ2v) is 9.39. The van der Waals surface area contributed by atoms with Gasteiger partial charge in [-0.2, -0.15) is 0 Å². The van der Waals surface area contributed by atoms with E-state index in [-0.39, 0.29) is 17.7 Å². The number of thiazole rings is 1. The predicted molar refractivity (Wildman–Crippen MR) is 152 cm³/mol. The number of benzene rings is 2. The number of ether oxygens (including phenoxy) is 5.